The first-order valence-electron chi connectivity index (χ1n) is 5.24. The molecule has 1 atom stereocenters. The largest absolute Gasteiger partial charge is 0.508 e. The third-order valence-electron chi connectivity index (χ3n) is 2.42. The maximum atomic E-state index is 9.22. The number of hydrogen-bond donors (Lipinski definition) is 3. The van der Waals surface area contributed by atoms with Crippen molar-refractivity contribution in [3.05, 3.63) is 36.0 Å². The van der Waals surface area contributed by atoms with Gasteiger partial charge in [0.2, 0.25) is 0 Å². The van der Waals surface area contributed by atoms with E-state index in [2.05, 4.69) is 10.2 Å². The minimum atomic E-state index is 0.105. The molecule has 0 bridgehead atoms. The minimum absolute atomic E-state index is 0.105. The third kappa shape index (κ3) is 2.23. The molecule has 84 valence electrons. The zero-order valence-electron chi connectivity index (χ0n) is 9.14. The van der Waals surface area contributed by atoms with Gasteiger partial charge in [0.05, 0.1) is 11.9 Å². The summed E-state index contributed by atoms with van der Waals surface area (Å²) in [7, 11) is 0. The zero-order valence-corrected chi connectivity index (χ0v) is 9.14. The van der Waals surface area contributed by atoms with Crippen molar-refractivity contribution in [2.24, 2.45) is 5.73 Å². The number of benzene rings is 1. The van der Waals surface area contributed by atoms with Crippen LogP contribution in [0.4, 0.5) is 0 Å². The van der Waals surface area contributed by atoms with E-state index in [-0.39, 0.29) is 11.8 Å². The molecule has 4 nitrogen and oxygen atoms in total. The molecule has 1 unspecified atom stereocenters. The maximum absolute atomic E-state index is 9.22. The molecule has 1 aromatic heterocycles. The lowest BCUT2D eigenvalue weighted by Gasteiger charge is -2.06. The summed E-state index contributed by atoms with van der Waals surface area (Å²) in [4.78, 5) is 0. The van der Waals surface area contributed by atoms with Crippen molar-refractivity contribution >= 4 is 0 Å². The van der Waals surface area contributed by atoms with E-state index in [1.807, 2.05) is 19.1 Å². The number of phenols is 1. The second-order valence-corrected chi connectivity index (χ2v) is 4.00. The summed E-state index contributed by atoms with van der Waals surface area (Å²) in [6, 6.07) is 7.13. The molecule has 0 aliphatic heterocycles. The van der Waals surface area contributed by atoms with Crippen LogP contribution < -0.4 is 5.73 Å². The van der Waals surface area contributed by atoms with Gasteiger partial charge in [-0.15, -0.1) is 0 Å². The number of H-pyrrole nitrogens is 1. The molecule has 0 saturated carbocycles. The summed E-state index contributed by atoms with van der Waals surface area (Å²) in [5.41, 5.74) is 8.85. The molecule has 0 spiro atoms. The van der Waals surface area contributed by atoms with Gasteiger partial charge < -0.3 is 10.8 Å². The number of nitrogens with zero attached hydrogens (tertiary/aromatic N) is 1. The molecule has 1 heterocycles. The van der Waals surface area contributed by atoms with Crippen LogP contribution in [0, 0.1) is 0 Å². The molecule has 2 rings (SSSR count). The van der Waals surface area contributed by atoms with Gasteiger partial charge in [-0.25, -0.2) is 0 Å². The Kier molecular flexibility index (Phi) is 2.92. The molecule has 0 amide bonds. The molecule has 0 aliphatic carbocycles. The topological polar surface area (TPSA) is 74.9 Å². The number of phenolic OH excluding ortho intramolecular Hbond substituents is 1. The fourth-order valence-corrected chi connectivity index (χ4v) is 1.69. The van der Waals surface area contributed by atoms with Gasteiger partial charge in [-0.1, -0.05) is 0 Å². The first kappa shape index (κ1) is 10.7. The second-order valence-electron chi connectivity index (χ2n) is 4.00. The van der Waals surface area contributed by atoms with Crippen molar-refractivity contribution in [1.82, 2.24) is 10.2 Å². The maximum Gasteiger partial charge on any atom is 0.115 e. The number of nitrogens with one attached hydrogen (secondary N) is 1. The molecule has 4 N–H and O–H groups in total. The quantitative estimate of drug-likeness (QED) is 0.732. The Bertz CT molecular complexity index is 459. The van der Waals surface area contributed by atoms with Crippen LogP contribution in [0.1, 0.15) is 12.5 Å². The van der Waals surface area contributed by atoms with E-state index in [1.54, 1.807) is 18.3 Å². The fourth-order valence-electron chi connectivity index (χ4n) is 1.69. The summed E-state index contributed by atoms with van der Waals surface area (Å²) < 4.78 is 0. The van der Waals surface area contributed by atoms with Gasteiger partial charge in [-0.05, 0) is 43.2 Å². The molecule has 2 aromatic rings. The molecular weight excluding hydrogens is 202 g/mol. The molecule has 16 heavy (non-hydrogen) atoms. The third-order valence-corrected chi connectivity index (χ3v) is 2.42. The highest BCUT2D eigenvalue weighted by molar-refractivity contribution is 5.63. The molecule has 4 heteroatoms. The van der Waals surface area contributed by atoms with Crippen molar-refractivity contribution in [2.45, 2.75) is 19.4 Å². The van der Waals surface area contributed by atoms with Crippen LogP contribution in [-0.4, -0.2) is 21.3 Å². The first-order valence-corrected chi connectivity index (χ1v) is 5.24. The predicted octanol–water partition coefficient (Wildman–Crippen LogP) is 1.67. The number of hydrogen-bond acceptors (Lipinski definition) is 3. The van der Waals surface area contributed by atoms with Crippen molar-refractivity contribution in [1.29, 1.82) is 0 Å². The van der Waals surface area contributed by atoms with Crippen LogP contribution in [0.15, 0.2) is 30.5 Å². The predicted molar refractivity (Wildman–Crippen MR) is 63.0 cm³/mol. The summed E-state index contributed by atoms with van der Waals surface area (Å²) in [6.45, 7) is 1.97. The van der Waals surface area contributed by atoms with Crippen LogP contribution in [0.5, 0.6) is 5.75 Å². The Hall–Kier alpha value is -1.81. The van der Waals surface area contributed by atoms with Gasteiger partial charge in [-0.2, -0.15) is 5.10 Å². The lowest BCUT2D eigenvalue weighted by molar-refractivity contribution is 0.475. The van der Waals surface area contributed by atoms with E-state index in [0.29, 0.717) is 0 Å². The van der Waals surface area contributed by atoms with Crippen molar-refractivity contribution in [3.63, 3.8) is 0 Å². The Morgan fingerprint density at radius 3 is 2.69 bits per heavy atom. The second kappa shape index (κ2) is 4.37. The number of rotatable bonds is 3. The fraction of sp³-hybridized carbons (Fsp3) is 0.250. The number of aromatic hydroxyl groups is 1. The molecule has 1 aromatic carbocycles. The Labute approximate surface area is 94.1 Å². The van der Waals surface area contributed by atoms with Gasteiger partial charge in [0.15, 0.2) is 0 Å². The van der Waals surface area contributed by atoms with E-state index >= 15 is 0 Å². The SMILES string of the molecule is CC(N)Cc1cn[nH]c1-c1ccc(O)cc1. The highest BCUT2D eigenvalue weighted by Gasteiger charge is 2.09. The molecule has 0 aliphatic rings. The van der Waals surface area contributed by atoms with Gasteiger partial charge in [0, 0.05) is 11.6 Å². The number of nitrogens with two attached hydrogens (primary N) is 1. The van der Waals surface area contributed by atoms with Crippen molar-refractivity contribution in [2.75, 3.05) is 0 Å². The van der Waals surface area contributed by atoms with Gasteiger partial charge in [0.1, 0.15) is 5.75 Å². The van der Waals surface area contributed by atoms with Crippen LogP contribution in [0.3, 0.4) is 0 Å². The van der Waals surface area contributed by atoms with E-state index in [9.17, 15) is 5.11 Å². The normalized spacial score (nSPS) is 12.6. The van der Waals surface area contributed by atoms with Gasteiger partial charge in [-0.3, -0.25) is 5.10 Å². The summed E-state index contributed by atoms with van der Waals surface area (Å²) in [5, 5.41) is 16.2. The van der Waals surface area contributed by atoms with Gasteiger partial charge in [0.25, 0.3) is 0 Å². The Morgan fingerprint density at radius 1 is 1.38 bits per heavy atom. The van der Waals surface area contributed by atoms with Gasteiger partial charge >= 0.3 is 0 Å². The van der Waals surface area contributed by atoms with Crippen LogP contribution in [-0.2, 0) is 6.42 Å². The lowest BCUT2D eigenvalue weighted by atomic mass is 10.0. The minimum Gasteiger partial charge on any atom is -0.508 e. The Morgan fingerprint density at radius 2 is 2.06 bits per heavy atom. The highest BCUT2D eigenvalue weighted by Crippen LogP contribution is 2.23. The number of aromatic amines is 1. The summed E-state index contributed by atoms with van der Waals surface area (Å²) >= 11 is 0. The van der Waals surface area contributed by atoms with Crippen molar-refractivity contribution in [3.8, 4) is 17.0 Å². The highest BCUT2D eigenvalue weighted by atomic mass is 16.3. The van der Waals surface area contributed by atoms with E-state index in [1.165, 1.54) is 0 Å². The van der Waals surface area contributed by atoms with Crippen LogP contribution >= 0.6 is 0 Å². The van der Waals surface area contributed by atoms with E-state index < -0.39 is 0 Å². The molecular formula is C12H15N3O. The number of aromatic nitrogens is 2. The van der Waals surface area contributed by atoms with Crippen LogP contribution in [0.2, 0.25) is 0 Å². The summed E-state index contributed by atoms with van der Waals surface area (Å²) in [6.07, 6.45) is 2.58. The lowest BCUT2D eigenvalue weighted by Crippen LogP contribution is -2.17. The zero-order chi connectivity index (χ0) is 11.5. The monoisotopic (exact) mass is 217 g/mol. The van der Waals surface area contributed by atoms with Crippen LogP contribution in [0.25, 0.3) is 11.3 Å². The first-order chi connectivity index (χ1) is 7.66. The average Bonchev–Trinajstić information content (AvgIpc) is 2.66. The Balaban J connectivity index is 2.33. The smallest absolute Gasteiger partial charge is 0.115 e. The standard InChI is InChI=1S/C12H15N3O/c1-8(13)6-10-7-14-15-12(10)9-2-4-11(16)5-3-9/h2-5,7-8,16H,6,13H2,1H3,(H,14,15). The molecule has 0 radical (unpaired) electrons. The van der Waals surface area contributed by atoms with E-state index in [4.69, 9.17) is 5.73 Å². The van der Waals surface area contributed by atoms with E-state index in [0.717, 1.165) is 23.2 Å². The summed E-state index contributed by atoms with van der Waals surface area (Å²) in [5.74, 6) is 0.261. The molecule has 0 fully saturated rings. The molecule has 0 saturated heterocycles. The van der Waals surface area contributed by atoms with Crippen molar-refractivity contribution < 1.29 is 5.11 Å². The average molecular weight is 217 g/mol.